The van der Waals surface area contributed by atoms with Crippen LogP contribution in [-0.4, -0.2) is 55.8 Å². The molecule has 0 aliphatic carbocycles. The molecule has 0 radical (unpaired) electrons. The van der Waals surface area contributed by atoms with Crippen LogP contribution >= 0.6 is 0 Å². The second-order valence-electron chi connectivity index (χ2n) is 12.1. The number of amides is 1. The number of aromatic amines is 2. The summed E-state index contributed by atoms with van der Waals surface area (Å²) in [5.41, 5.74) is 7.90. The molecule has 1 amide bonds. The molecule has 1 aliphatic heterocycles. The van der Waals surface area contributed by atoms with Gasteiger partial charge in [0.1, 0.15) is 11.3 Å². The summed E-state index contributed by atoms with van der Waals surface area (Å²) in [5, 5.41) is 14.2. The van der Waals surface area contributed by atoms with Crippen LogP contribution in [0, 0.1) is 19.7 Å². The van der Waals surface area contributed by atoms with Gasteiger partial charge in [-0.05, 0) is 85.3 Å². The molecule has 2 aromatic carbocycles. The molecule has 0 fully saturated rings. The van der Waals surface area contributed by atoms with E-state index in [9.17, 15) is 22.4 Å². The highest BCUT2D eigenvalue weighted by Crippen LogP contribution is 2.38. The SMILES string of the molecule is Cc1cc(C)cc(-c2[nH]c3c(c2[C@H](C)CNCCc2cnc4n[nH]nc4c2)CN(C(=O)Cc2c(F)cccc2C(F)(F)F)CC3)c1. The number of hydrogen-bond donors (Lipinski definition) is 3. The van der Waals surface area contributed by atoms with Gasteiger partial charge in [0, 0.05) is 49.2 Å². The summed E-state index contributed by atoms with van der Waals surface area (Å²) in [6.07, 6.45) is -2.37. The largest absolute Gasteiger partial charge is 0.416 e. The fraction of sp³-hybridized carbons (Fsp3) is 0.353. The first-order valence-electron chi connectivity index (χ1n) is 15.3. The van der Waals surface area contributed by atoms with Crippen LogP contribution in [0.5, 0.6) is 0 Å². The van der Waals surface area contributed by atoms with E-state index in [4.69, 9.17) is 0 Å². The normalized spacial score (nSPS) is 14.1. The Morgan fingerprint density at radius 3 is 2.65 bits per heavy atom. The van der Waals surface area contributed by atoms with Crippen molar-refractivity contribution in [3.8, 4) is 11.3 Å². The van der Waals surface area contributed by atoms with Crippen LogP contribution < -0.4 is 5.32 Å². The van der Waals surface area contributed by atoms with Crippen LogP contribution in [-0.2, 0) is 36.8 Å². The van der Waals surface area contributed by atoms with Gasteiger partial charge in [-0.2, -0.15) is 23.5 Å². The molecule has 1 atom stereocenters. The Morgan fingerprint density at radius 2 is 1.89 bits per heavy atom. The molecule has 0 bridgehead atoms. The maximum Gasteiger partial charge on any atom is 0.416 e. The van der Waals surface area contributed by atoms with E-state index in [2.05, 4.69) is 55.8 Å². The minimum absolute atomic E-state index is 0.0328. The number of H-pyrrole nitrogens is 2. The quantitative estimate of drug-likeness (QED) is 0.133. The van der Waals surface area contributed by atoms with E-state index >= 15 is 0 Å². The minimum atomic E-state index is -4.76. The van der Waals surface area contributed by atoms with Crippen molar-refractivity contribution in [2.45, 2.75) is 58.7 Å². The molecule has 8 nitrogen and oxygen atoms in total. The number of rotatable bonds is 9. The minimum Gasteiger partial charge on any atom is -0.358 e. The first-order valence-corrected chi connectivity index (χ1v) is 15.3. The van der Waals surface area contributed by atoms with Crippen molar-refractivity contribution in [1.29, 1.82) is 0 Å². The molecular formula is C34H35F4N7O. The van der Waals surface area contributed by atoms with Crippen LogP contribution in [0.25, 0.3) is 22.4 Å². The summed E-state index contributed by atoms with van der Waals surface area (Å²) < 4.78 is 55.5. The number of aromatic nitrogens is 5. The van der Waals surface area contributed by atoms with Crippen molar-refractivity contribution in [2.24, 2.45) is 0 Å². The van der Waals surface area contributed by atoms with E-state index in [0.29, 0.717) is 37.2 Å². The standard InChI is InChI=1S/C34H35F4N7O/c1-19-11-20(2)13-23(12-19)32-31(21(3)16-39-9-7-22-14-29-33(40-17-22)43-44-42-29)25-18-45(10-8-28(25)41-32)30(46)15-24-26(34(36,37)38)5-4-6-27(24)35/h4-6,11-14,17,21,39,41H,7-10,15-16,18H2,1-3H3,(H,40,42,43,44)/t21-/m1/s1. The predicted molar refractivity (Wildman–Crippen MR) is 167 cm³/mol. The van der Waals surface area contributed by atoms with Gasteiger partial charge in [-0.25, -0.2) is 9.37 Å². The Hall–Kier alpha value is -4.58. The van der Waals surface area contributed by atoms with Gasteiger partial charge < -0.3 is 15.2 Å². The van der Waals surface area contributed by atoms with Gasteiger partial charge in [0.2, 0.25) is 11.6 Å². The summed E-state index contributed by atoms with van der Waals surface area (Å²) in [6.45, 7) is 8.14. The molecule has 6 rings (SSSR count). The summed E-state index contributed by atoms with van der Waals surface area (Å²) >= 11 is 0. The zero-order chi connectivity index (χ0) is 32.6. The van der Waals surface area contributed by atoms with Crippen molar-refractivity contribution in [3.63, 3.8) is 0 Å². The number of halogens is 4. The van der Waals surface area contributed by atoms with E-state index in [0.717, 1.165) is 69.4 Å². The average molecular weight is 634 g/mol. The van der Waals surface area contributed by atoms with Gasteiger partial charge in [0.05, 0.1) is 12.0 Å². The fourth-order valence-corrected chi connectivity index (χ4v) is 6.46. The zero-order valence-corrected chi connectivity index (χ0v) is 25.9. The molecule has 12 heteroatoms. The maximum absolute atomic E-state index is 14.6. The molecule has 0 unspecified atom stereocenters. The fourth-order valence-electron chi connectivity index (χ4n) is 6.46. The third-order valence-corrected chi connectivity index (χ3v) is 8.59. The number of carbonyl (C=O) groups excluding carboxylic acids is 1. The molecule has 1 aliphatic rings. The second kappa shape index (κ2) is 12.7. The molecule has 46 heavy (non-hydrogen) atoms. The van der Waals surface area contributed by atoms with Crippen LogP contribution in [0.1, 0.15) is 57.5 Å². The molecule has 4 heterocycles. The summed E-state index contributed by atoms with van der Waals surface area (Å²) in [5.74, 6) is -1.54. The van der Waals surface area contributed by atoms with Gasteiger partial charge in [0.15, 0.2) is 0 Å². The molecule has 0 saturated heterocycles. The lowest BCUT2D eigenvalue weighted by Gasteiger charge is -2.29. The molecule has 240 valence electrons. The number of pyridine rings is 1. The van der Waals surface area contributed by atoms with Crippen molar-refractivity contribution in [2.75, 3.05) is 19.6 Å². The lowest BCUT2D eigenvalue weighted by molar-refractivity contribution is -0.139. The van der Waals surface area contributed by atoms with E-state index in [-0.39, 0.29) is 12.5 Å². The predicted octanol–water partition coefficient (Wildman–Crippen LogP) is 6.19. The number of nitrogens with zero attached hydrogens (tertiary/aromatic N) is 4. The third kappa shape index (κ3) is 6.53. The van der Waals surface area contributed by atoms with Crippen LogP contribution in [0.3, 0.4) is 0 Å². The summed E-state index contributed by atoms with van der Waals surface area (Å²) in [6, 6.07) is 11.1. The third-order valence-electron chi connectivity index (χ3n) is 8.59. The van der Waals surface area contributed by atoms with Crippen molar-refractivity contribution in [3.05, 3.63) is 99.1 Å². The van der Waals surface area contributed by atoms with Gasteiger partial charge in [-0.1, -0.05) is 30.2 Å². The van der Waals surface area contributed by atoms with Crippen LogP contribution in [0.15, 0.2) is 48.7 Å². The Bertz CT molecular complexity index is 1870. The molecule has 3 N–H and O–H groups in total. The van der Waals surface area contributed by atoms with Gasteiger partial charge in [-0.15, -0.1) is 5.10 Å². The monoisotopic (exact) mass is 633 g/mol. The lowest BCUT2D eigenvalue weighted by Crippen LogP contribution is -2.37. The van der Waals surface area contributed by atoms with Crippen molar-refractivity contribution in [1.82, 2.24) is 35.6 Å². The van der Waals surface area contributed by atoms with E-state index in [1.165, 1.54) is 0 Å². The molecular weight excluding hydrogens is 598 g/mol. The number of fused-ring (bicyclic) bond motifs is 2. The van der Waals surface area contributed by atoms with Gasteiger partial charge in [-0.3, -0.25) is 4.79 Å². The summed E-state index contributed by atoms with van der Waals surface area (Å²) in [7, 11) is 0. The number of aryl methyl sites for hydroxylation is 2. The molecule has 5 aromatic rings. The topological polar surface area (TPSA) is 103 Å². The summed E-state index contributed by atoms with van der Waals surface area (Å²) in [4.78, 5) is 22.9. The number of carbonyl (C=O) groups is 1. The molecule has 0 saturated carbocycles. The Balaban J connectivity index is 1.24. The highest BCUT2D eigenvalue weighted by molar-refractivity contribution is 5.80. The maximum atomic E-state index is 14.6. The number of alkyl halides is 3. The van der Waals surface area contributed by atoms with Crippen LogP contribution in [0.2, 0.25) is 0 Å². The zero-order valence-electron chi connectivity index (χ0n) is 25.9. The number of nitrogens with one attached hydrogen (secondary N) is 3. The Labute approximate surface area is 263 Å². The van der Waals surface area contributed by atoms with E-state index < -0.39 is 35.4 Å². The Morgan fingerprint density at radius 1 is 1.11 bits per heavy atom. The van der Waals surface area contributed by atoms with Gasteiger partial charge >= 0.3 is 6.18 Å². The van der Waals surface area contributed by atoms with Gasteiger partial charge in [0.25, 0.3) is 0 Å². The van der Waals surface area contributed by atoms with Crippen molar-refractivity contribution >= 4 is 17.1 Å². The molecule has 0 spiro atoms. The lowest BCUT2D eigenvalue weighted by atomic mass is 9.90. The van der Waals surface area contributed by atoms with Crippen LogP contribution in [0.4, 0.5) is 17.6 Å². The molecule has 3 aromatic heterocycles. The second-order valence-corrected chi connectivity index (χ2v) is 12.1. The number of benzene rings is 2. The average Bonchev–Trinajstić information content (AvgIpc) is 3.63. The van der Waals surface area contributed by atoms with E-state index in [1.54, 1.807) is 11.1 Å². The smallest absolute Gasteiger partial charge is 0.358 e. The van der Waals surface area contributed by atoms with Crippen molar-refractivity contribution < 1.29 is 22.4 Å². The number of hydrogen-bond acceptors (Lipinski definition) is 5. The first-order chi connectivity index (χ1) is 22.0. The Kier molecular flexibility index (Phi) is 8.65. The highest BCUT2D eigenvalue weighted by Gasteiger charge is 2.36. The highest BCUT2D eigenvalue weighted by atomic mass is 19.4. The first kappa shape index (κ1) is 31.4. The van der Waals surface area contributed by atoms with E-state index in [1.807, 2.05) is 19.9 Å².